The van der Waals surface area contributed by atoms with Crippen LogP contribution in [0.1, 0.15) is 38.0 Å². The SMILES string of the molecule is CC(C)(C)C(N)Cc1nc(Cc2ccncc2)no1. The highest BCUT2D eigenvalue weighted by atomic mass is 16.5. The number of rotatable bonds is 4. The summed E-state index contributed by atoms with van der Waals surface area (Å²) in [6.07, 6.45) is 4.77. The van der Waals surface area contributed by atoms with Crippen molar-refractivity contribution < 1.29 is 4.52 Å². The van der Waals surface area contributed by atoms with Gasteiger partial charge in [0.15, 0.2) is 5.82 Å². The van der Waals surface area contributed by atoms with Gasteiger partial charge >= 0.3 is 0 Å². The van der Waals surface area contributed by atoms with E-state index in [2.05, 4.69) is 35.9 Å². The first-order valence-corrected chi connectivity index (χ1v) is 6.41. The Morgan fingerprint density at radius 3 is 2.58 bits per heavy atom. The normalized spacial score (nSPS) is 13.5. The topological polar surface area (TPSA) is 77.8 Å². The Labute approximate surface area is 113 Å². The molecule has 19 heavy (non-hydrogen) atoms. The van der Waals surface area contributed by atoms with Crippen molar-refractivity contribution in [1.82, 2.24) is 15.1 Å². The maximum atomic E-state index is 6.11. The third-order valence-corrected chi connectivity index (χ3v) is 3.13. The van der Waals surface area contributed by atoms with Gasteiger partial charge in [-0.05, 0) is 23.1 Å². The second-order valence-corrected chi connectivity index (χ2v) is 5.81. The lowest BCUT2D eigenvalue weighted by Crippen LogP contribution is -2.37. The fourth-order valence-electron chi connectivity index (χ4n) is 1.62. The van der Waals surface area contributed by atoms with Crippen LogP contribution in [0.15, 0.2) is 29.0 Å². The van der Waals surface area contributed by atoms with Crippen molar-refractivity contribution in [3.8, 4) is 0 Å². The molecule has 5 nitrogen and oxygen atoms in total. The zero-order valence-corrected chi connectivity index (χ0v) is 11.6. The van der Waals surface area contributed by atoms with Crippen LogP contribution in [0.4, 0.5) is 0 Å². The molecule has 5 heteroatoms. The van der Waals surface area contributed by atoms with Gasteiger partial charge in [-0.2, -0.15) is 4.98 Å². The van der Waals surface area contributed by atoms with Crippen molar-refractivity contribution in [3.63, 3.8) is 0 Å². The van der Waals surface area contributed by atoms with E-state index >= 15 is 0 Å². The van der Waals surface area contributed by atoms with Crippen LogP contribution in [0.2, 0.25) is 0 Å². The van der Waals surface area contributed by atoms with Crippen LogP contribution in [0.3, 0.4) is 0 Å². The largest absolute Gasteiger partial charge is 0.339 e. The number of nitrogens with zero attached hydrogens (tertiary/aromatic N) is 3. The summed E-state index contributed by atoms with van der Waals surface area (Å²) in [5.41, 5.74) is 7.25. The highest BCUT2D eigenvalue weighted by Gasteiger charge is 2.23. The van der Waals surface area contributed by atoms with Crippen molar-refractivity contribution in [1.29, 1.82) is 0 Å². The molecule has 2 aromatic heterocycles. The lowest BCUT2D eigenvalue weighted by molar-refractivity contribution is 0.285. The number of hydrogen-bond donors (Lipinski definition) is 1. The molecule has 0 saturated carbocycles. The Balaban J connectivity index is 2.00. The fraction of sp³-hybridized carbons (Fsp3) is 0.500. The van der Waals surface area contributed by atoms with E-state index in [4.69, 9.17) is 10.3 Å². The van der Waals surface area contributed by atoms with Gasteiger partial charge < -0.3 is 10.3 Å². The summed E-state index contributed by atoms with van der Waals surface area (Å²) in [4.78, 5) is 8.36. The molecular weight excluding hydrogens is 240 g/mol. The predicted molar refractivity (Wildman–Crippen MR) is 72.5 cm³/mol. The second-order valence-electron chi connectivity index (χ2n) is 5.81. The Morgan fingerprint density at radius 2 is 1.95 bits per heavy atom. The van der Waals surface area contributed by atoms with Gasteiger partial charge in [0.1, 0.15) is 0 Å². The van der Waals surface area contributed by atoms with E-state index < -0.39 is 0 Å². The molecule has 2 rings (SSSR count). The van der Waals surface area contributed by atoms with Crippen LogP contribution in [0, 0.1) is 5.41 Å². The summed E-state index contributed by atoms with van der Waals surface area (Å²) < 4.78 is 5.25. The minimum absolute atomic E-state index is 0.00160. The van der Waals surface area contributed by atoms with E-state index in [0.29, 0.717) is 24.6 Å². The first-order chi connectivity index (χ1) is 8.95. The van der Waals surface area contributed by atoms with Crippen molar-refractivity contribution in [2.75, 3.05) is 0 Å². The van der Waals surface area contributed by atoms with E-state index in [-0.39, 0.29) is 11.5 Å². The zero-order chi connectivity index (χ0) is 13.9. The molecule has 2 N–H and O–H groups in total. The zero-order valence-electron chi connectivity index (χ0n) is 11.6. The molecule has 2 aromatic rings. The van der Waals surface area contributed by atoms with E-state index in [1.165, 1.54) is 0 Å². The van der Waals surface area contributed by atoms with E-state index in [1.807, 2.05) is 12.1 Å². The van der Waals surface area contributed by atoms with Crippen LogP contribution in [0.5, 0.6) is 0 Å². The van der Waals surface area contributed by atoms with Crippen molar-refractivity contribution in [2.45, 2.75) is 39.7 Å². The fourth-order valence-corrected chi connectivity index (χ4v) is 1.62. The average Bonchev–Trinajstić information content (AvgIpc) is 2.76. The van der Waals surface area contributed by atoms with Gasteiger partial charge in [0.2, 0.25) is 5.89 Å². The highest BCUT2D eigenvalue weighted by Crippen LogP contribution is 2.20. The maximum absolute atomic E-state index is 6.11. The molecule has 0 amide bonds. The third kappa shape index (κ3) is 3.86. The Morgan fingerprint density at radius 1 is 1.26 bits per heavy atom. The summed E-state index contributed by atoms with van der Waals surface area (Å²) in [5.74, 6) is 1.29. The van der Waals surface area contributed by atoms with Gasteiger partial charge in [-0.3, -0.25) is 4.98 Å². The molecule has 0 aliphatic rings. The van der Waals surface area contributed by atoms with Gasteiger partial charge in [-0.25, -0.2) is 0 Å². The summed E-state index contributed by atoms with van der Waals surface area (Å²) in [6.45, 7) is 6.31. The van der Waals surface area contributed by atoms with Crippen molar-refractivity contribution in [3.05, 3.63) is 41.8 Å². The molecule has 0 aromatic carbocycles. The average molecular weight is 260 g/mol. The van der Waals surface area contributed by atoms with Gasteiger partial charge in [-0.15, -0.1) is 0 Å². The molecule has 2 heterocycles. The number of aromatic nitrogens is 3. The maximum Gasteiger partial charge on any atom is 0.228 e. The lowest BCUT2D eigenvalue weighted by atomic mass is 9.85. The molecule has 1 atom stereocenters. The molecule has 1 unspecified atom stereocenters. The molecule has 0 bridgehead atoms. The van der Waals surface area contributed by atoms with Gasteiger partial charge in [-0.1, -0.05) is 25.9 Å². The molecule has 0 fully saturated rings. The first kappa shape index (κ1) is 13.7. The minimum Gasteiger partial charge on any atom is -0.339 e. The Bertz CT molecular complexity index is 516. The van der Waals surface area contributed by atoms with E-state index in [1.54, 1.807) is 12.4 Å². The van der Waals surface area contributed by atoms with Crippen LogP contribution < -0.4 is 5.73 Å². The van der Waals surface area contributed by atoms with Crippen LogP contribution in [-0.2, 0) is 12.8 Å². The monoisotopic (exact) mass is 260 g/mol. The van der Waals surface area contributed by atoms with E-state index in [0.717, 1.165) is 5.56 Å². The first-order valence-electron chi connectivity index (χ1n) is 6.41. The van der Waals surface area contributed by atoms with Crippen molar-refractivity contribution >= 4 is 0 Å². The van der Waals surface area contributed by atoms with Crippen LogP contribution in [0.25, 0.3) is 0 Å². The van der Waals surface area contributed by atoms with Crippen LogP contribution in [-0.4, -0.2) is 21.2 Å². The molecule has 0 saturated heterocycles. The van der Waals surface area contributed by atoms with Gasteiger partial charge in [0.25, 0.3) is 0 Å². The lowest BCUT2D eigenvalue weighted by Gasteiger charge is -2.25. The minimum atomic E-state index is 0.00160. The number of pyridine rings is 1. The Hall–Kier alpha value is -1.75. The summed E-state index contributed by atoms with van der Waals surface area (Å²) in [5, 5.41) is 3.98. The predicted octanol–water partition coefficient (Wildman–Crippen LogP) is 1.97. The standard InChI is InChI=1S/C14H20N4O/c1-14(2,3)11(15)9-13-17-12(18-19-13)8-10-4-6-16-7-5-10/h4-7,11H,8-9,15H2,1-3H3. The second kappa shape index (κ2) is 5.48. The molecule has 0 aliphatic heterocycles. The van der Waals surface area contributed by atoms with E-state index in [9.17, 15) is 0 Å². The summed E-state index contributed by atoms with van der Waals surface area (Å²) >= 11 is 0. The Kier molecular flexibility index (Phi) is 3.95. The van der Waals surface area contributed by atoms with Crippen molar-refractivity contribution in [2.24, 2.45) is 11.1 Å². The van der Waals surface area contributed by atoms with Gasteiger partial charge in [0, 0.05) is 31.3 Å². The quantitative estimate of drug-likeness (QED) is 0.909. The summed E-state index contributed by atoms with van der Waals surface area (Å²) in [6, 6.07) is 3.88. The number of nitrogens with two attached hydrogens (primary N) is 1. The van der Waals surface area contributed by atoms with Gasteiger partial charge in [0.05, 0.1) is 0 Å². The molecule has 0 spiro atoms. The molecular formula is C14H20N4O. The molecule has 0 aliphatic carbocycles. The number of hydrogen-bond acceptors (Lipinski definition) is 5. The highest BCUT2D eigenvalue weighted by molar-refractivity contribution is 5.14. The summed E-state index contributed by atoms with van der Waals surface area (Å²) in [7, 11) is 0. The van der Waals surface area contributed by atoms with Crippen LogP contribution >= 0.6 is 0 Å². The third-order valence-electron chi connectivity index (χ3n) is 3.13. The molecule has 0 radical (unpaired) electrons. The smallest absolute Gasteiger partial charge is 0.228 e. The molecule has 102 valence electrons.